The maximum absolute atomic E-state index is 13.5. The van der Waals surface area contributed by atoms with Crippen LogP contribution >= 0.6 is 27.3 Å². The number of hydrogen-bond donors (Lipinski definition) is 0. The van der Waals surface area contributed by atoms with Crippen molar-refractivity contribution in [2.75, 3.05) is 0 Å². The molecular formula is C26H18BrN3OS. The van der Waals surface area contributed by atoms with E-state index >= 15 is 0 Å². The molecule has 0 saturated heterocycles. The Labute approximate surface area is 197 Å². The first kappa shape index (κ1) is 20.5. The van der Waals surface area contributed by atoms with Crippen molar-refractivity contribution in [3.8, 4) is 11.3 Å². The SMILES string of the molecule is C=CCn1c(=NC(=O)c2cc(-c3ccccc3)nc3ccccc23)sc2cc(Br)ccc21. The molecule has 0 aliphatic carbocycles. The monoisotopic (exact) mass is 499 g/mol. The highest BCUT2D eigenvalue weighted by molar-refractivity contribution is 9.10. The molecule has 3 aromatic carbocycles. The van der Waals surface area contributed by atoms with E-state index in [1.165, 1.54) is 11.3 Å². The predicted molar refractivity (Wildman–Crippen MR) is 135 cm³/mol. The summed E-state index contributed by atoms with van der Waals surface area (Å²) in [5, 5.41) is 0.792. The van der Waals surface area contributed by atoms with Crippen LogP contribution in [0.4, 0.5) is 0 Å². The van der Waals surface area contributed by atoms with Gasteiger partial charge in [0, 0.05) is 22.0 Å². The third kappa shape index (κ3) is 3.83. The van der Waals surface area contributed by atoms with Crippen molar-refractivity contribution in [2.45, 2.75) is 6.54 Å². The molecule has 0 atom stereocenters. The molecule has 5 rings (SSSR count). The third-order valence-electron chi connectivity index (χ3n) is 5.17. The van der Waals surface area contributed by atoms with Crippen molar-refractivity contribution in [3.63, 3.8) is 0 Å². The van der Waals surface area contributed by atoms with E-state index in [-0.39, 0.29) is 5.91 Å². The molecule has 2 aromatic heterocycles. The average molecular weight is 500 g/mol. The zero-order valence-corrected chi connectivity index (χ0v) is 19.4. The first-order valence-electron chi connectivity index (χ1n) is 10.1. The fourth-order valence-corrected chi connectivity index (χ4v) is 5.28. The molecule has 0 fully saturated rings. The fraction of sp³-hybridized carbons (Fsp3) is 0.0385. The van der Waals surface area contributed by atoms with Crippen LogP contribution in [0.2, 0.25) is 0 Å². The highest BCUT2D eigenvalue weighted by Gasteiger charge is 2.15. The van der Waals surface area contributed by atoms with Crippen LogP contribution in [-0.2, 0) is 6.54 Å². The Kier molecular flexibility index (Phi) is 5.55. The molecule has 4 nitrogen and oxygen atoms in total. The summed E-state index contributed by atoms with van der Waals surface area (Å²) in [6.07, 6.45) is 1.81. The molecule has 6 heteroatoms. The van der Waals surface area contributed by atoms with Crippen LogP contribution in [0.3, 0.4) is 0 Å². The fourth-order valence-electron chi connectivity index (χ4n) is 3.69. The van der Waals surface area contributed by atoms with Crippen LogP contribution in [0.15, 0.2) is 101 Å². The Hall–Kier alpha value is -3.35. The summed E-state index contributed by atoms with van der Waals surface area (Å²) in [5.41, 5.74) is 4.04. The van der Waals surface area contributed by atoms with Crippen molar-refractivity contribution in [3.05, 3.63) is 106 Å². The van der Waals surface area contributed by atoms with Crippen molar-refractivity contribution in [1.29, 1.82) is 0 Å². The standard InChI is InChI=1S/C26H18BrN3OS/c1-2-14-30-23-13-12-18(27)15-24(23)32-26(30)29-25(31)20-16-22(17-8-4-3-5-9-17)28-21-11-7-6-10-19(20)21/h2-13,15-16H,1,14H2. The highest BCUT2D eigenvalue weighted by Crippen LogP contribution is 2.26. The predicted octanol–water partition coefficient (Wildman–Crippen LogP) is 6.61. The van der Waals surface area contributed by atoms with Crippen molar-refractivity contribution < 1.29 is 4.79 Å². The molecule has 32 heavy (non-hydrogen) atoms. The normalized spacial score (nSPS) is 11.8. The molecule has 2 heterocycles. The number of halogens is 1. The number of amides is 1. The van der Waals surface area contributed by atoms with Gasteiger partial charge in [0.05, 0.1) is 27.0 Å². The smallest absolute Gasteiger partial charge is 0.280 e. The molecule has 0 aliphatic rings. The second-order valence-electron chi connectivity index (χ2n) is 7.25. The number of carbonyl (C=O) groups excluding carboxylic acids is 1. The Morgan fingerprint density at radius 2 is 1.84 bits per heavy atom. The minimum absolute atomic E-state index is 0.288. The topological polar surface area (TPSA) is 47.2 Å². The minimum atomic E-state index is -0.288. The lowest BCUT2D eigenvalue weighted by Gasteiger charge is -2.07. The van der Waals surface area contributed by atoms with Gasteiger partial charge in [0.15, 0.2) is 4.80 Å². The first-order chi connectivity index (χ1) is 15.6. The van der Waals surface area contributed by atoms with Crippen LogP contribution in [0.1, 0.15) is 10.4 Å². The van der Waals surface area contributed by atoms with Crippen molar-refractivity contribution in [1.82, 2.24) is 9.55 Å². The summed E-state index contributed by atoms with van der Waals surface area (Å²) in [6, 6.07) is 25.4. The van der Waals surface area contributed by atoms with E-state index in [4.69, 9.17) is 4.98 Å². The van der Waals surface area contributed by atoms with Crippen molar-refractivity contribution in [2.24, 2.45) is 4.99 Å². The number of carbonyl (C=O) groups is 1. The highest BCUT2D eigenvalue weighted by atomic mass is 79.9. The zero-order valence-electron chi connectivity index (χ0n) is 17.0. The number of benzene rings is 3. The molecule has 0 radical (unpaired) electrons. The summed E-state index contributed by atoms with van der Waals surface area (Å²) in [5.74, 6) is -0.288. The molecule has 0 N–H and O–H groups in total. The Morgan fingerprint density at radius 1 is 1.06 bits per heavy atom. The molecule has 0 unspecified atom stereocenters. The Balaban J connectivity index is 1.71. The van der Waals surface area contributed by atoms with Crippen LogP contribution in [0, 0.1) is 0 Å². The van der Waals surface area contributed by atoms with Gasteiger partial charge in [-0.1, -0.05) is 81.9 Å². The molecular weight excluding hydrogens is 482 g/mol. The van der Waals surface area contributed by atoms with E-state index in [0.717, 1.165) is 36.8 Å². The zero-order chi connectivity index (χ0) is 22.1. The van der Waals surface area contributed by atoms with Gasteiger partial charge in [0.1, 0.15) is 0 Å². The van der Waals surface area contributed by atoms with E-state index in [1.807, 2.05) is 89.5 Å². The van der Waals surface area contributed by atoms with Gasteiger partial charge in [-0.05, 0) is 30.3 Å². The van der Waals surface area contributed by atoms with Crippen LogP contribution in [0.5, 0.6) is 0 Å². The molecule has 1 amide bonds. The van der Waals surface area contributed by atoms with Crippen LogP contribution in [-0.4, -0.2) is 15.5 Å². The van der Waals surface area contributed by atoms with Gasteiger partial charge < -0.3 is 4.57 Å². The maximum Gasteiger partial charge on any atom is 0.280 e. The number of nitrogens with zero attached hydrogens (tertiary/aromatic N) is 3. The number of rotatable bonds is 4. The number of para-hydroxylation sites is 1. The van der Waals surface area contributed by atoms with E-state index in [1.54, 1.807) is 0 Å². The lowest BCUT2D eigenvalue weighted by molar-refractivity contribution is 0.0999. The number of hydrogen-bond acceptors (Lipinski definition) is 3. The van der Waals surface area contributed by atoms with E-state index in [2.05, 4.69) is 27.5 Å². The lowest BCUT2D eigenvalue weighted by Crippen LogP contribution is -2.16. The second kappa shape index (κ2) is 8.65. The van der Waals surface area contributed by atoms with Gasteiger partial charge in [-0.25, -0.2) is 4.98 Å². The number of aromatic nitrogens is 2. The molecule has 156 valence electrons. The number of fused-ring (bicyclic) bond motifs is 2. The molecule has 0 aliphatic heterocycles. The summed E-state index contributed by atoms with van der Waals surface area (Å²) in [4.78, 5) is 23.4. The van der Waals surface area contributed by atoms with E-state index in [9.17, 15) is 4.79 Å². The Morgan fingerprint density at radius 3 is 2.66 bits per heavy atom. The first-order valence-corrected chi connectivity index (χ1v) is 11.7. The number of allylic oxidation sites excluding steroid dienone is 1. The van der Waals surface area contributed by atoms with Gasteiger partial charge in [-0.2, -0.15) is 4.99 Å². The molecule has 0 bridgehead atoms. The Bertz CT molecular complexity index is 1550. The van der Waals surface area contributed by atoms with Gasteiger partial charge in [0.25, 0.3) is 5.91 Å². The second-order valence-corrected chi connectivity index (χ2v) is 9.18. The van der Waals surface area contributed by atoms with Gasteiger partial charge in [-0.15, -0.1) is 6.58 Å². The van der Waals surface area contributed by atoms with E-state index < -0.39 is 0 Å². The van der Waals surface area contributed by atoms with E-state index in [0.29, 0.717) is 16.9 Å². The van der Waals surface area contributed by atoms with Gasteiger partial charge >= 0.3 is 0 Å². The minimum Gasteiger partial charge on any atom is -0.312 e. The van der Waals surface area contributed by atoms with Gasteiger partial charge in [0.2, 0.25) is 0 Å². The average Bonchev–Trinajstić information content (AvgIpc) is 3.15. The van der Waals surface area contributed by atoms with Gasteiger partial charge in [-0.3, -0.25) is 4.79 Å². The van der Waals surface area contributed by atoms with Crippen LogP contribution < -0.4 is 4.80 Å². The molecule has 5 aromatic rings. The molecule has 0 saturated carbocycles. The summed E-state index contributed by atoms with van der Waals surface area (Å²) < 4.78 is 4.05. The largest absolute Gasteiger partial charge is 0.312 e. The maximum atomic E-state index is 13.5. The summed E-state index contributed by atoms with van der Waals surface area (Å²) in [7, 11) is 0. The number of pyridine rings is 1. The number of thiazole rings is 1. The van der Waals surface area contributed by atoms with Crippen LogP contribution in [0.25, 0.3) is 32.4 Å². The lowest BCUT2D eigenvalue weighted by atomic mass is 10.0. The van der Waals surface area contributed by atoms with Crippen molar-refractivity contribution >= 4 is 54.3 Å². The molecule has 0 spiro atoms. The third-order valence-corrected chi connectivity index (χ3v) is 6.70. The summed E-state index contributed by atoms with van der Waals surface area (Å²) in [6.45, 7) is 4.43. The summed E-state index contributed by atoms with van der Waals surface area (Å²) >= 11 is 5.01. The quantitative estimate of drug-likeness (QED) is 0.261.